The van der Waals surface area contributed by atoms with Crippen LogP contribution in [0, 0.1) is 0 Å². The van der Waals surface area contributed by atoms with Gasteiger partial charge in [-0.25, -0.2) is 9.97 Å². The van der Waals surface area contributed by atoms with Crippen molar-refractivity contribution in [2.24, 2.45) is 0 Å². The lowest BCUT2D eigenvalue weighted by Crippen LogP contribution is -2.09. The van der Waals surface area contributed by atoms with Crippen molar-refractivity contribution in [2.45, 2.75) is 0 Å². The molecule has 0 N–H and O–H groups in total. The third kappa shape index (κ3) is 6.08. The van der Waals surface area contributed by atoms with Crippen molar-refractivity contribution in [3.8, 4) is 33.4 Å². The van der Waals surface area contributed by atoms with E-state index in [2.05, 4.69) is 238 Å². The molecule has 11 aromatic carbocycles. The Morgan fingerprint density at radius 1 is 0.319 bits per heavy atom. The second kappa shape index (κ2) is 14.9. The summed E-state index contributed by atoms with van der Waals surface area (Å²) in [5, 5.41) is 7.47. The molecule has 0 saturated heterocycles. The van der Waals surface area contributed by atoms with E-state index in [1.54, 1.807) is 22.7 Å². The van der Waals surface area contributed by atoms with Crippen LogP contribution in [0.5, 0.6) is 0 Å². The molecule has 0 aliphatic carbocycles. The van der Waals surface area contributed by atoms with Gasteiger partial charge >= 0.3 is 0 Å². The van der Waals surface area contributed by atoms with E-state index in [4.69, 9.17) is 9.97 Å². The first-order chi connectivity index (χ1) is 34.1. The van der Waals surface area contributed by atoms with Crippen molar-refractivity contribution < 1.29 is 0 Å². The molecule has 0 radical (unpaired) electrons. The largest absolute Gasteiger partial charge is 0.310 e. The first-order valence-corrected chi connectivity index (χ1v) is 24.8. The van der Waals surface area contributed by atoms with Gasteiger partial charge < -0.3 is 4.90 Å². The van der Waals surface area contributed by atoms with Crippen molar-refractivity contribution in [2.75, 3.05) is 4.90 Å². The first-order valence-electron chi connectivity index (χ1n) is 23.2. The van der Waals surface area contributed by atoms with Crippen molar-refractivity contribution in [1.29, 1.82) is 0 Å². The van der Waals surface area contributed by atoms with Gasteiger partial charge in [-0.05, 0) is 163 Å². The summed E-state index contributed by atoms with van der Waals surface area (Å²) in [4.78, 5) is 14.3. The summed E-state index contributed by atoms with van der Waals surface area (Å²) in [6.07, 6.45) is 0. The van der Waals surface area contributed by atoms with Gasteiger partial charge in [-0.3, -0.25) is 8.80 Å². The Labute approximate surface area is 403 Å². The summed E-state index contributed by atoms with van der Waals surface area (Å²) < 4.78 is 7.01. The maximum atomic E-state index is 4.92. The number of anilines is 3. The average Bonchev–Trinajstić information content (AvgIpc) is 4.16. The molecule has 4 heterocycles. The van der Waals surface area contributed by atoms with E-state index in [0.29, 0.717) is 0 Å². The minimum Gasteiger partial charge on any atom is -0.310 e. The first kappa shape index (κ1) is 38.5. The number of hydrogen-bond donors (Lipinski definition) is 0. The number of thiazole rings is 2. The fourth-order valence-electron chi connectivity index (χ4n) is 10.6. The van der Waals surface area contributed by atoms with Gasteiger partial charge in [0.2, 0.25) is 0 Å². The molecule has 0 amide bonds. The van der Waals surface area contributed by atoms with Crippen LogP contribution in [0.2, 0.25) is 0 Å². The summed E-state index contributed by atoms with van der Waals surface area (Å²) in [6, 6.07) is 82.0. The number of rotatable bonds is 6. The highest BCUT2D eigenvalue weighted by atomic mass is 32.1. The van der Waals surface area contributed by atoms with Crippen LogP contribution in [0.4, 0.5) is 17.1 Å². The molecule has 0 saturated carbocycles. The predicted octanol–water partition coefficient (Wildman–Crippen LogP) is 17.6. The highest BCUT2D eigenvalue weighted by Gasteiger charge is 2.18. The summed E-state index contributed by atoms with van der Waals surface area (Å²) >= 11 is 3.48. The number of nitrogens with zero attached hydrogens (tertiary/aromatic N) is 5. The van der Waals surface area contributed by atoms with Gasteiger partial charge in [-0.1, -0.05) is 150 Å². The number of imidazole rings is 2. The molecular weight excluding hydrogens is 879 g/mol. The lowest BCUT2D eigenvalue weighted by Gasteiger charge is -2.26. The number of fused-ring (bicyclic) bond motifs is 14. The maximum absolute atomic E-state index is 4.92. The minimum absolute atomic E-state index is 1.02. The fraction of sp³-hybridized carbons (Fsp3) is 0. The standard InChI is InChI=1S/C62H37N5S2/c1-2-10-49-44(9-1)35-52(51-12-4-3-11-50(49)51)45-18-17-41-34-48(30-23-40(41)33-45)65(46-26-19-38(20-27-46)42-24-31-57-59(36-42)68-61-63-53-13-5-7-15-55(53)66(57)61)47-28-21-39(22-29-47)43-25-32-58-60(37-43)69-62-64-54-14-6-8-16-56(54)67(58)62/h1-37H. The van der Waals surface area contributed by atoms with E-state index in [1.165, 1.54) is 86.1 Å². The zero-order valence-electron chi connectivity index (χ0n) is 36.9. The van der Waals surface area contributed by atoms with Gasteiger partial charge in [-0.15, -0.1) is 0 Å². The van der Waals surface area contributed by atoms with Crippen LogP contribution >= 0.6 is 22.7 Å². The van der Waals surface area contributed by atoms with Crippen LogP contribution in [-0.2, 0) is 0 Å². The smallest absolute Gasteiger partial charge is 0.195 e. The molecule has 69 heavy (non-hydrogen) atoms. The SMILES string of the molecule is c1ccc2c(c1)cc(-c1ccc3cc(N(c4ccc(-c5ccc6c(c5)sc5nc7ccccc7n56)cc4)c4ccc(-c5ccc6c(c5)sc5nc7ccccc7n56)cc4)ccc3c1)c1ccccc12. The molecule has 0 aliphatic heterocycles. The molecule has 0 atom stereocenters. The Morgan fingerprint density at radius 3 is 1.42 bits per heavy atom. The highest BCUT2D eigenvalue weighted by Crippen LogP contribution is 2.42. The van der Waals surface area contributed by atoms with E-state index in [1.807, 2.05) is 0 Å². The molecule has 0 unspecified atom stereocenters. The van der Waals surface area contributed by atoms with E-state index in [0.717, 1.165) is 49.1 Å². The molecule has 4 aromatic heterocycles. The molecule has 0 bridgehead atoms. The molecular formula is C62H37N5S2. The molecule has 0 aliphatic rings. The number of hydrogen-bond acceptors (Lipinski definition) is 5. The number of benzene rings is 11. The van der Waals surface area contributed by atoms with E-state index < -0.39 is 0 Å². The second-order valence-corrected chi connectivity index (χ2v) is 19.9. The summed E-state index contributed by atoms with van der Waals surface area (Å²) in [6.45, 7) is 0. The Bertz CT molecular complexity index is 4360. The lowest BCUT2D eigenvalue weighted by molar-refractivity contribution is 1.29. The number of para-hydroxylation sites is 4. The molecule has 0 spiro atoms. The Hall–Kier alpha value is -8.62. The van der Waals surface area contributed by atoms with Crippen molar-refractivity contribution in [3.05, 3.63) is 224 Å². The predicted molar refractivity (Wildman–Crippen MR) is 293 cm³/mol. The summed E-state index contributed by atoms with van der Waals surface area (Å²) in [5.74, 6) is 0. The summed E-state index contributed by atoms with van der Waals surface area (Å²) in [7, 11) is 0. The van der Waals surface area contributed by atoms with E-state index in [9.17, 15) is 0 Å². The fourth-order valence-corrected chi connectivity index (χ4v) is 12.8. The molecule has 15 aromatic rings. The second-order valence-electron chi connectivity index (χ2n) is 17.9. The normalized spacial score (nSPS) is 12.1. The quantitative estimate of drug-likeness (QED) is 0.156. The van der Waals surface area contributed by atoms with Crippen LogP contribution in [0.25, 0.3) is 118 Å². The van der Waals surface area contributed by atoms with Gasteiger partial charge in [0.25, 0.3) is 0 Å². The molecule has 322 valence electrons. The topological polar surface area (TPSA) is 37.8 Å². The Morgan fingerprint density at radius 2 is 0.797 bits per heavy atom. The van der Waals surface area contributed by atoms with Gasteiger partial charge in [0.15, 0.2) is 9.92 Å². The zero-order chi connectivity index (χ0) is 45.2. The van der Waals surface area contributed by atoms with Gasteiger partial charge in [0, 0.05) is 17.1 Å². The minimum atomic E-state index is 1.02. The van der Waals surface area contributed by atoms with Gasteiger partial charge in [0.1, 0.15) is 0 Å². The third-order valence-corrected chi connectivity index (χ3v) is 15.9. The van der Waals surface area contributed by atoms with Crippen molar-refractivity contribution >= 4 is 124 Å². The third-order valence-electron chi connectivity index (χ3n) is 13.9. The van der Waals surface area contributed by atoms with Crippen LogP contribution < -0.4 is 4.90 Å². The summed E-state index contributed by atoms with van der Waals surface area (Å²) in [5.41, 5.74) is 17.2. The molecule has 5 nitrogen and oxygen atoms in total. The zero-order valence-corrected chi connectivity index (χ0v) is 38.5. The lowest BCUT2D eigenvalue weighted by atomic mass is 9.92. The molecule has 7 heteroatoms. The van der Waals surface area contributed by atoms with Crippen LogP contribution in [0.1, 0.15) is 0 Å². The van der Waals surface area contributed by atoms with Crippen molar-refractivity contribution in [1.82, 2.24) is 18.8 Å². The molecule has 0 fully saturated rings. The average molecular weight is 916 g/mol. The molecule has 15 rings (SSSR count). The Balaban J connectivity index is 0.813. The Kier molecular flexibility index (Phi) is 8.33. The highest BCUT2D eigenvalue weighted by molar-refractivity contribution is 7.24. The number of aromatic nitrogens is 4. The van der Waals surface area contributed by atoms with Gasteiger partial charge in [0.05, 0.1) is 42.5 Å². The maximum Gasteiger partial charge on any atom is 0.195 e. The van der Waals surface area contributed by atoms with E-state index >= 15 is 0 Å². The van der Waals surface area contributed by atoms with Crippen LogP contribution in [-0.4, -0.2) is 18.8 Å². The van der Waals surface area contributed by atoms with Crippen LogP contribution in [0.3, 0.4) is 0 Å². The van der Waals surface area contributed by atoms with Gasteiger partial charge in [-0.2, -0.15) is 0 Å². The van der Waals surface area contributed by atoms with E-state index in [-0.39, 0.29) is 0 Å². The monoisotopic (exact) mass is 915 g/mol. The van der Waals surface area contributed by atoms with Crippen molar-refractivity contribution in [3.63, 3.8) is 0 Å². The van der Waals surface area contributed by atoms with Crippen LogP contribution in [0.15, 0.2) is 224 Å².